The molecule has 23 heavy (non-hydrogen) atoms. The van der Waals surface area contributed by atoms with Crippen molar-refractivity contribution in [3.05, 3.63) is 36.2 Å². The van der Waals surface area contributed by atoms with Gasteiger partial charge in [-0.15, -0.1) is 10.2 Å². The number of aryl methyl sites for hydroxylation is 1. The largest absolute Gasteiger partial charge is 0.421 e. The first-order chi connectivity index (χ1) is 11.1. The van der Waals surface area contributed by atoms with Crippen molar-refractivity contribution in [1.82, 2.24) is 15.1 Å². The Kier molecular flexibility index (Phi) is 4.71. The molecule has 0 N–H and O–H groups in total. The van der Waals surface area contributed by atoms with E-state index in [1.165, 1.54) is 0 Å². The van der Waals surface area contributed by atoms with Gasteiger partial charge in [0.05, 0.1) is 18.8 Å². The molecule has 1 aromatic heterocycles. The van der Waals surface area contributed by atoms with Crippen LogP contribution in [0.15, 0.2) is 34.7 Å². The summed E-state index contributed by atoms with van der Waals surface area (Å²) in [5, 5.41) is 8.07. The highest BCUT2D eigenvalue weighted by atomic mass is 16.5. The molecule has 6 nitrogen and oxygen atoms in total. The summed E-state index contributed by atoms with van der Waals surface area (Å²) in [5.41, 5.74) is 0.883. The Bertz CT molecular complexity index is 656. The number of ether oxygens (including phenoxy) is 1. The van der Waals surface area contributed by atoms with Gasteiger partial charge in [0.2, 0.25) is 17.7 Å². The average Bonchev–Trinajstić information content (AvgIpc) is 3.05. The van der Waals surface area contributed by atoms with Gasteiger partial charge in [-0.05, 0) is 26.0 Å². The molecule has 1 amide bonds. The van der Waals surface area contributed by atoms with Crippen LogP contribution < -0.4 is 0 Å². The zero-order chi connectivity index (χ0) is 16.2. The summed E-state index contributed by atoms with van der Waals surface area (Å²) in [5.74, 6) is 1.08. The maximum Gasteiger partial charge on any atom is 0.247 e. The number of carbonyl (C=O) groups is 1. The molecular formula is C17H21N3O3. The number of hydrogen-bond donors (Lipinski definition) is 0. The minimum absolute atomic E-state index is 0.0863. The molecule has 2 aromatic rings. The first-order valence-electron chi connectivity index (χ1n) is 7.92. The zero-order valence-electron chi connectivity index (χ0n) is 13.4. The van der Waals surface area contributed by atoms with Gasteiger partial charge in [-0.2, -0.15) is 0 Å². The molecule has 2 atom stereocenters. The van der Waals surface area contributed by atoms with Gasteiger partial charge in [0, 0.05) is 24.9 Å². The lowest BCUT2D eigenvalue weighted by atomic mass is 10.1. The number of carbonyl (C=O) groups excluding carboxylic acids is 1. The van der Waals surface area contributed by atoms with Crippen LogP contribution in [-0.2, 0) is 16.0 Å². The molecule has 1 aliphatic rings. The van der Waals surface area contributed by atoms with Crippen LogP contribution >= 0.6 is 0 Å². The van der Waals surface area contributed by atoms with Crippen LogP contribution in [0.5, 0.6) is 0 Å². The van der Waals surface area contributed by atoms with Crippen molar-refractivity contribution in [2.24, 2.45) is 0 Å². The Morgan fingerprint density at radius 2 is 2.04 bits per heavy atom. The molecule has 0 radical (unpaired) electrons. The SMILES string of the molecule is C[C@@H]1CO[C@@H](C)CN1C(=O)CCc1nnc(-c2ccccc2)o1. The van der Waals surface area contributed by atoms with Gasteiger partial charge in [-0.3, -0.25) is 4.79 Å². The van der Waals surface area contributed by atoms with Gasteiger partial charge in [0.1, 0.15) is 0 Å². The highest BCUT2D eigenvalue weighted by Gasteiger charge is 2.27. The highest BCUT2D eigenvalue weighted by Crippen LogP contribution is 2.18. The summed E-state index contributed by atoms with van der Waals surface area (Å²) in [6, 6.07) is 9.72. The molecule has 1 aromatic carbocycles. The zero-order valence-corrected chi connectivity index (χ0v) is 13.4. The van der Waals surface area contributed by atoms with E-state index in [2.05, 4.69) is 10.2 Å². The predicted molar refractivity (Wildman–Crippen MR) is 84.6 cm³/mol. The summed E-state index contributed by atoms with van der Waals surface area (Å²) in [6.07, 6.45) is 0.910. The van der Waals surface area contributed by atoms with Crippen LogP contribution in [0.3, 0.4) is 0 Å². The smallest absolute Gasteiger partial charge is 0.247 e. The maximum absolute atomic E-state index is 12.4. The lowest BCUT2D eigenvalue weighted by Gasteiger charge is -2.36. The van der Waals surface area contributed by atoms with E-state index in [0.29, 0.717) is 37.8 Å². The van der Waals surface area contributed by atoms with Gasteiger partial charge in [0.15, 0.2) is 0 Å². The van der Waals surface area contributed by atoms with Crippen molar-refractivity contribution in [2.75, 3.05) is 13.2 Å². The standard InChI is InChI=1S/C17H21N3O3/c1-12-11-22-13(2)10-20(12)16(21)9-8-15-18-19-17(23-15)14-6-4-3-5-7-14/h3-7,12-13H,8-11H2,1-2H3/t12-,13+/m1/s1. The first-order valence-corrected chi connectivity index (χ1v) is 7.92. The summed E-state index contributed by atoms with van der Waals surface area (Å²) in [4.78, 5) is 14.3. The summed E-state index contributed by atoms with van der Waals surface area (Å²) >= 11 is 0. The van der Waals surface area contributed by atoms with Crippen molar-refractivity contribution in [3.8, 4) is 11.5 Å². The Morgan fingerprint density at radius 3 is 2.83 bits per heavy atom. The summed E-state index contributed by atoms with van der Waals surface area (Å²) in [7, 11) is 0. The average molecular weight is 315 g/mol. The summed E-state index contributed by atoms with van der Waals surface area (Å²) < 4.78 is 11.2. The number of benzene rings is 1. The maximum atomic E-state index is 12.4. The molecule has 1 fully saturated rings. The van der Waals surface area contributed by atoms with E-state index in [1.54, 1.807) is 0 Å². The van der Waals surface area contributed by atoms with E-state index in [1.807, 2.05) is 49.1 Å². The van der Waals surface area contributed by atoms with Crippen LogP contribution in [0.1, 0.15) is 26.2 Å². The fourth-order valence-electron chi connectivity index (χ4n) is 2.66. The molecule has 3 rings (SSSR count). The van der Waals surface area contributed by atoms with Crippen molar-refractivity contribution >= 4 is 5.91 Å². The number of aromatic nitrogens is 2. The van der Waals surface area contributed by atoms with E-state index in [0.717, 1.165) is 5.56 Å². The molecule has 0 aliphatic carbocycles. The fraction of sp³-hybridized carbons (Fsp3) is 0.471. The Hall–Kier alpha value is -2.21. The van der Waals surface area contributed by atoms with E-state index >= 15 is 0 Å². The minimum atomic E-state index is 0.0863. The van der Waals surface area contributed by atoms with Gasteiger partial charge < -0.3 is 14.1 Å². The van der Waals surface area contributed by atoms with E-state index < -0.39 is 0 Å². The molecule has 0 spiro atoms. The van der Waals surface area contributed by atoms with Gasteiger partial charge in [0.25, 0.3) is 0 Å². The molecule has 1 aliphatic heterocycles. The molecule has 2 heterocycles. The third-order valence-corrected chi connectivity index (χ3v) is 3.97. The third-order valence-electron chi connectivity index (χ3n) is 3.97. The number of amides is 1. The Labute approximate surface area is 135 Å². The van der Waals surface area contributed by atoms with E-state index in [9.17, 15) is 4.79 Å². The second-order valence-electron chi connectivity index (χ2n) is 5.91. The van der Waals surface area contributed by atoms with Crippen LogP contribution in [0, 0.1) is 0 Å². The normalized spacial score (nSPS) is 21.4. The molecular weight excluding hydrogens is 294 g/mol. The number of rotatable bonds is 4. The number of nitrogens with zero attached hydrogens (tertiary/aromatic N) is 3. The van der Waals surface area contributed by atoms with Crippen LogP contribution in [-0.4, -0.2) is 46.3 Å². The van der Waals surface area contributed by atoms with Crippen LogP contribution in [0.2, 0.25) is 0 Å². The lowest BCUT2D eigenvalue weighted by Crippen LogP contribution is -2.50. The highest BCUT2D eigenvalue weighted by molar-refractivity contribution is 5.76. The van der Waals surface area contributed by atoms with Crippen molar-refractivity contribution < 1.29 is 13.9 Å². The molecule has 122 valence electrons. The van der Waals surface area contributed by atoms with Crippen LogP contribution in [0.25, 0.3) is 11.5 Å². The number of morpholine rings is 1. The minimum Gasteiger partial charge on any atom is -0.421 e. The van der Waals surface area contributed by atoms with Gasteiger partial charge >= 0.3 is 0 Å². The van der Waals surface area contributed by atoms with E-state index in [-0.39, 0.29) is 18.1 Å². The van der Waals surface area contributed by atoms with Crippen LogP contribution in [0.4, 0.5) is 0 Å². The Balaban J connectivity index is 1.58. The molecule has 0 unspecified atom stereocenters. The Morgan fingerprint density at radius 1 is 1.26 bits per heavy atom. The van der Waals surface area contributed by atoms with Gasteiger partial charge in [-0.1, -0.05) is 18.2 Å². The fourth-order valence-corrected chi connectivity index (χ4v) is 2.66. The molecule has 0 saturated carbocycles. The molecule has 1 saturated heterocycles. The monoisotopic (exact) mass is 315 g/mol. The quantitative estimate of drug-likeness (QED) is 0.866. The lowest BCUT2D eigenvalue weighted by molar-refractivity contribution is -0.143. The van der Waals surface area contributed by atoms with Crippen molar-refractivity contribution in [1.29, 1.82) is 0 Å². The first kappa shape index (κ1) is 15.7. The topological polar surface area (TPSA) is 68.5 Å². The molecule has 0 bridgehead atoms. The number of hydrogen-bond acceptors (Lipinski definition) is 5. The van der Waals surface area contributed by atoms with Gasteiger partial charge in [-0.25, -0.2) is 0 Å². The van der Waals surface area contributed by atoms with Crippen molar-refractivity contribution in [3.63, 3.8) is 0 Å². The third kappa shape index (κ3) is 3.76. The second kappa shape index (κ2) is 6.91. The summed E-state index contributed by atoms with van der Waals surface area (Å²) in [6.45, 7) is 5.21. The second-order valence-corrected chi connectivity index (χ2v) is 5.91. The predicted octanol–water partition coefficient (Wildman–Crippen LogP) is 2.31. The van der Waals surface area contributed by atoms with Crippen molar-refractivity contribution in [2.45, 2.75) is 38.8 Å². The molecule has 6 heteroatoms. The van der Waals surface area contributed by atoms with E-state index in [4.69, 9.17) is 9.15 Å².